The molecule has 1 aromatic carbocycles. The number of amides is 1. The number of ether oxygens (including phenoxy) is 1. The van der Waals surface area contributed by atoms with Gasteiger partial charge in [0, 0.05) is 25.8 Å². The van der Waals surface area contributed by atoms with Crippen molar-refractivity contribution >= 4 is 5.91 Å². The highest BCUT2D eigenvalue weighted by atomic mass is 19.1. The van der Waals surface area contributed by atoms with Crippen LogP contribution in [0.1, 0.15) is 35.2 Å². The molecular formula is C15H20FNO2. The Labute approximate surface area is 113 Å². The van der Waals surface area contributed by atoms with E-state index in [-0.39, 0.29) is 17.1 Å². The summed E-state index contributed by atoms with van der Waals surface area (Å²) in [6.45, 7) is 3.15. The Kier molecular flexibility index (Phi) is 4.20. The summed E-state index contributed by atoms with van der Waals surface area (Å²) < 4.78 is 18.1. The number of halogens is 1. The molecule has 0 aliphatic heterocycles. The van der Waals surface area contributed by atoms with Crippen molar-refractivity contribution in [3.05, 3.63) is 35.1 Å². The summed E-state index contributed by atoms with van der Waals surface area (Å²) in [5.41, 5.74) is 1.43. The molecule has 0 bridgehead atoms. The second-order valence-corrected chi connectivity index (χ2v) is 5.38. The largest absolute Gasteiger partial charge is 0.385 e. The first-order valence-corrected chi connectivity index (χ1v) is 6.60. The maximum Gasteiger partial charge on any atom is 0.251 e. The van der Waals surface area contributed by atoms with Crippen LogP contribution in [-0.2, 0) is 4.74 Å². The molecule has 0 unspecified atom stereocenters. The van der Waals surface area contributed by atoms with E-state index in [2.05, 4.69) is 5.32 Å². The van der Waals surface area contributed by atoms with Gasteiger partial charge in [0.05, 0.1) is 0 Å². The summed E-state index contributed by atoms with van der Waals surface area (Å²) in [5.74, 6) is -0.436. The summed E-state index contributed by atoms with van der Waals surface area (Å²) in [5, 5.41) is 2.95. The molecule has 4 heteroatoms. The van der Waals surface area contributed by atoms with Crippen LogP contribution in [0.3, 0.4) is 0 Å². The average Bonchev–Trinajstić information content (AvgIpc) is 3.14. The molecule has 0 heterocycles. The van der Waals surface area contributed by atoms with Gasteiger partial charge in [-0.1, -0.05) is 0 Å². The first-order valence-electron chi connectivity index (χ1n) is 6.60. The highest BCUT2D eigenvalue weighted by molar-refractivity contribution is 5.95. The Hall–Kier alpha value is -1.42. The summed E-state index contributed by atoms with van der Waals surface area (Å²) in [7, 11) is 1.69. The van der Waals surface area contributed by atoms with E-state index in [9.17, 15) is 9.18 Å². The van der Waals surface area contributed by atoms with Crippen LogP contribution in [0, 0.1) is 18.2 Å². The number of nitrogens with one attached hydrogen (secondary N) is 1. The van der Waals surface area contributed by atoms with Crippen LogP contribution >= 0.6 is 0 Å². The lowest BCUT2D eigenvalue weighted by molar-refractivity contribution is 0.0937. The molecule has 0 aromatic heterocycles. The van der Waals surface area contributed by atoms with Gasteiger partial charge < -0.3 is 10.1 Å². The van der Waals surface area contributed by atoms with Gasteiger partial charge in [0.2, 0.25) is 0 Å². The van der Waals surface area contributed by atoms with Gasteiger partial charge >= 0.3 is 0 Å². The minimum atomic E-state index is -0.312. The quantitative estimate of drug-likeness (QED) is 0.858. The smallest absolute Gasteiger partial charge is 0.251 e. The Morgan fingerprint density at radius 2 is 2.21 bits per heavy atom. The topological polar surface area (TPSA) is 38.3 Å². The molecule has 104 valence electrons. The van der Waals surface area contributed by atoms with E-state index < -0.39 is 0 Å². The van der Waals surface area contributed by atoms with E-state index in [4.69, 9.17) is 4.74 Å². The predicted molar refractivity (Wildman–Crippen MR) is 71.6 cm³/mol. The van der Waals surface area contributed by atoms with Gasteiger partial charge in [0.25, 0.3) is 5.91 Å². The molecule has 1 aromatic rings. The molecule has 0 saturated heterocycles. The Balaban J connectivity index is 1.91. The van der Waals surface area contributed by atoms with Crippen molar-refractivity contribution in [3.8, 4) is 0 Å². The lowest BCUT2D eigenvalue weighted by atomic mass is 10.0. The second kappa shape index (κ2) is 5.70. The number of hydrogen-bond acceptors (Lipinski definition) is 2. The zero-order chi connectivity index (χ0) is 13.9. The van der Waals surface area contributed by atoms with Gasteiger partial charge in [-0.05, 0) is 55.4 Å². The van der Waals surface area contributed by atoms with E-state index >= 15 is 0 Å². The number of methoxy groups -OCH3 is 1. The van der Waals surface area contributed by atoms with Gasteiger partial charge in [-0.25, -0.2) is 4.39 Å². The van der Waals surface area contributed by atoms with Crippen molar-refractivity contribution in [2.45, 2.75) is 26.2 Å². The van der Waals surface area contributed by atoms with Gasteiger partial charge in [-0.3, -0.25) is 4.79 Å². The third kappa shape index (κ3) is 3.53. The van der Waals surface area contributed by atoms with Gasteiger partial charge in [0.1, 0.15) is 5.82 Å². The van der Waals surface area contributed by atoms with Crippen LogP contribution < -0.4 is 5.32 Å². The highest BCUT2D eigenvalue weighted by Crippen LogP contribution is 2.48. The number of carbonyl (C=O) groups excluding carboxylic acids is 1. The van der Waals surface area contributed by atoms with Crippen molar-refractivity contribution in [2.75, 3.05) is 20.3 Å². The molecule has 1 fully saturated rings. The van der Waals surface area contributed by atoms with E-state index in [1.54, 1.807) is 14.0 Å². The van der Waals surface area contributed by atoms with Crippen molar-refractivity contribution in [1.29, 1.82) is 0 Å². The standard InChI is InChI=1S/C15H20FNO2/c1-11-9-12(16)3-4-13(11)14(18)17-10-15(5-6-15)7-8-19-2/h3-4,9H,5-8,10H2,1-2H3,(H,17,18). The van der Waals surface area contributed by atoms with Crippen molar-refractivity contribution in [2.24, 2.45) is 5.41 Å². The second-order valence-electron chi connectivity index (χ2n) is 5.38. The predicted octanol–water partition coefficient (Wildman–Crippen LogP) is 2.68. The van der Waals surface area contributed by atoms with E-state index in [0.29, 0.717) is 17.7 Å². The van der Waals surface area contributed by atoms with E-state index in [1.165, 1.54) is 18.2 Å². The van der Waals surface area contributed by atoms with Crippen molar-refractivity contribution in [3.63, 3.8) is 0 Å². The van der Waals surface area contributed by atoms with Crippen LogP contribution in [0.15, 0.2) is 18.2 Å². The zero-order valence-corrected chi connectivity index (χ0v) is 11.5. The number of benzene rings is 1. The summed E-state index contributed by atoms with van der Waals surface area (Å²) >= 11 is 0. The molecule has 0 atom stereocenters. The van der Waals surface area contributed by atoms with Crippen molar-refractivity contribution in [1.82, 2.24) is 5.32 Å². The fraction of sp³-hybridized carbons (Fsp3) is 0.533. The number of hydrogen-bond donors (Lipinski definition) is 1. The molecule has 1 aliphatic rings. The van der Waals surface area contributed by atoms with Crippen LogP contribution in [-0.4, -0.2) is 26.2 Å². The van der Waals surface area contributed by atoms with Crippen LogP contribution in [0.5, 0.6) is 0 Å². The third-order valence-electron chi connectivity index (χ3n) is 3.85. The maximum atomic E-state index is 13.0. The van der Waals surface area contributed by atoms with Crippen molar-refractivity contribution < 1.29 is 13.9 Å². The van der Waals surface area contributed by atoms with Crippen LogP contribution in [0.4, 0.5) is 4.39 Å². The van der Waals surface area contributed by atoms with Crippen LogP contribution in [0.25, 0.3) is 0 Å². The molecule has 2 rings (SSSR count). The lowest BCUT2D eigenvalue weighted by Crippen LogP contribution is -2.31. The number of carbonyl (C=O) groups is 1. The summed E-state index contributed by atoms with van der Waals surface area (Å²) in [4.78, 5) is 12.1. The van der Waals surface area contributed by atoms with Gasteiger partial charge in [-0.15, -0.1) is 0 Å². The lowest BCUT2D eigenvalue weighted by Gasteiger charge is -2.16. The Bertz CT molecular complexity index is 469. The minimum Gasteiger partial charge on any atom is -0.385 e. The summed E-state index contributed by atoms with van der Waals surface area (Å²) in [6, 6.07) is 4.24. The third-order valence-corrected chi connectivity index (χ3v) is 3.85. The average molecular weight is 265 g/mol. The normalized spacial score (nSPS) is 16.2. The van der Waals surface area contributed by atoms with Gasteiger partial charge in [-0.2, -0.15) is 0 Å². The highest BCUT2D eigenvalue weighted by Gasteiger charge is 2.42. The fourth-order valence-corrected chi connectivity index (χ4v) is 2.26. The minimum absolute atomic E-state index is 0.124. The van der Waals surface area contributed by atoms with E-state index in [0.717, 1.165) is 25.9 Å². The molecular weight excluding hydrogens is 245 g/mol. The molecule has 1 saturated carbocycles. The Morgan fingerprint density at radius 3 is 2.79 bits per heavy atom. The van der Waals surface area contributed by atoms with Crippen LogP contribution in [0.2, 0.25) is 0 Å². The SMILES string of the molecule is COCCC1(CNC(=O)c2ccc(F)cc2C)CC1. The fourth-order valence-electron chi connectivity index (χ4n) is 2.26. The maximum absolute atomic E-state index is 13.0. The number of rotatable bonds is 6. The monoisotopic (exact) mass is 265 g/mol. The molecule has 1 N–H and O–H groups in total. The molecule has 1 amide bonds. The van der Waals surface area contributed by atoms with Gasteiger partial charge in [0.15, 0.2) is 0 Å². The van der Waals surface area contributed by atoms with E-state index in [1.807, 2.05) is 0 Å². The first kappa shape index (κ1) is 14.0. The molecule has 0 spiro atoms. The molecule has 1 aliphatic carbocycles. The Morgan fingerprint density at radius 1 is 1.47 bits per heavy atom. The molecule has 3 nitrogen and oxygen atoms in total. The molecule has 19 heavy (non-hydrogen) atoms. The zero-order valence-electron chi connectivity index (χ0n) is 11.5. The first-order chi connectivity index (χ1) is 9.06. The molecule has 0 radical (unpaired) electrons. The summed E-state index contributed by atoms with van der Waals surface area (Å²) in [6.07, 6.45) is 3.25. The number of aryl methyl sites for hydroxylation is 1.